The van der Waals surface area contributed by atoms with Gasteiger partial charge in [0.15, 0.2) is 0 Å². The molecule has 0 aliphatic carbocycles. The van der Waals surface area contributed by atoms with Gasteiger partial charge >= 0.3 is 12.1 Å². The lowest BCUT2D eigenvalue weighted by atomic mass is 9.96. The predicted octanol–water partition coefficient (Wildman–Crippen LogP) is 0.898. The van der Waals surface area contributed by atoms with E-state index in [0.29, 0.717) is 16.7 Å². The van der Waals surface area contributed by atoms with E-state index in [-0.39, 0.29) is 11.4 Å². The first kappa shape index (κ1) is 27.7. The van der Waals surface area contributed by atoms with E-state index in [1.54, 1.807) is 36.5 Å². The van der Waals surface area contributed by atoms with Crippen molar-refractivity contribution in [2.24, 2.45) is 0 Å². The maximum atomic E-state index is 12.9. The van der Waals surface area contributed by atoms with Crippen LogP contribution < -0.4 is 14.8 Å². The number of anilines is 1. The van der Waals surface area contributed by atoms with E-state index in [0.717, 1.165) is 6.26 Å². The summed E-state index contributed by atoms with van der Waals surface area (Å²) < 4.78 is 75.5. The molecule has 14 heteroatoms. The number of hydrogen-bond donors (Lipinski definition) is 5. The molecule has 10 nitrogen and oxygen atoms in total. The van der Waals surface area contributed by atoms with Gasteiger partial charge in [0.25, 0.3) is 0 Å². The number of aryl methyl sites for hydroxylation is 1. The highest BCUT2D eigenvalue weighted by Crippen LogP contribution is 2.36. The van der Waals surface area contributed by atoms with Crippen molar-refractivity contribution in [3.05, 3.63) is 48.0 Å². The minimum absolute atomic E-state index is 0.0584. The van der Waals surface area contributed by atoms with Crippen molar-refractivity contribution in [3.8, 4) is 16.9 Å². The summed E-state index contributed by atoms with van der Waals surface area (Å²) in [6.07, 6.45) is -11.3. The highest BCUT2D eigenvalue weighted by atomic mass is 32.2. The first-order chi connectivity index (χ1) is 16.7. The molecule has 1 amide bonds. The Morgan fingerprint density at radius 1 is 1.14 bits per heavy atom. The Morgan fingerprint density at radius 3 is 2.42 bits per heavy atom. The van der Waals surface area contributed by atoms with Gasteiger partial charge in [0.05, 0.1) is 12.9 Å². The molecule has 0 aromatic heterocycles. The van der Waals surface area contributed by atoms with Gasteiger partial charge in [-0.05, 0) is 36.2 Å². The Labute approximate surface area is 204 Å². The number of nitrogens with one attached hydrogen (secondary N) is 2. The number of carbonyl (C=O) groups is 1. The molecule has 1 heterocycles. The Bertz CT molecular complexity index is 1210. The molecule has 2 aromatic carbocycles. The molecule has 1 fully saturated rings. The Hall–Kier alpha value is -2.91. The Balaban J connectivity index is 2.01. The second-order valence-electron chi connectivity index (χ2n) is 8.22. The molecular formula is C22H25F3N2O8S. The van der Waals surface area contributed by atoms with Gasteiger partial charge in [0.2, 0.25) is 16.3 Å². The van der Waals surface area contributed by atoms with Gasteiger partial charge in [-0.15, -0.1) is 0 Å². The van der Waals surface area contributed by atoms with E-state index in [1.807, 2.05) is 0 Å². The molecule has 5 atom stereocenters. The summed E-state index contributed by atoms with van der Waals surface area (Å²) in [5.74, 6) is -2.33. The molecule has 2 unspecified atom stereocenters. The lowest BCUT2D eigenvalue weighted by Crippen LogP contribution is -2.66. The molecular weight excluding hydrogens is 509 g/mol. The van der Waals surface area contributed by atoms with Crippen LogP contribution in [-0.4, -0.2) is 79.3 Å². The van der Waals surface area contributed by atoms with Crippen LogP contribution in [0, 0.1) is 6.92 Å². The molecule has 2 aromatic rings. The number of hydrogen-bond acceptors (Lipinski definition) is 8. The van der Waals surface area contributed by atoms with E-state index in [1.165, 1.54) is 18.2 Å². The number of amides is 1. The average molecular weight is 535 g/mol. The van der Waals surface area contributed by atoms with E-state index >= 15 is 0 Å². The van der Waals surface area contributed by atoms with Crippen LogP contribution in [0.3, 0.4) is 0 Å². The van der Waals surface area contributed by atoms with Crippen LogP contribution in [0.25, 0.3) is 11.1 Å². The summed E-state index contributed by atoms with van der Waals surface area (Å²) in [7, 11) is -3.58. The van der Waals surface area contributed by atoms with Crippen molar-refractivity contribution in [1.29, 1.82) is 0 Å². The molecule has 1 saturated heterocycles. The molecule has 198 valence electrons. The lowest BCUT2D eigenvalue weighted by Gasteiger charge is -2.42. The summed E-state index contributed by atoms with van der Waals surface area (Å²) in [6, 6.07) is 9.12. The van der Waals surface area contributed by atoms with Crippen LogP contribution in [0.15, 0.2) is 42.5 Å². The number of sulfonamides is 1. The van der Waals surface area contributed by atoms with Gasteiger partial charge in [0.1, 0.15) is 30.1 Å². The van der Waals surface area contributed by atoms with Gasteiger partial charge in [0, 0.05) is 11.3 Å². The third kappa shape index (κ3) is 6.44. The van der Waals surface area contributed by atoms with Crippen molar-refractivity contribution in [1.82, 2.24) is 5.32 Å². The fourth-order valence-corrected chi connectivity index (χ4v) is 4.31. The summed E-state index contributed by atoms with van der Waals surface area (Å²) >= 11 is 0. The fourth-order valence-electron chi connectivity index (χ4n) is 3.76. The highest BCUT2D eigenvalue weighted by molar-refractivity contribution is 7.92. The summed E-state index contributed by atoms with van der Waals surface area (Å²) in [5, 5.41) is 31.6. The van der Waals surface area contributed by atoms with Crippen LogP contribution in [0.1, 0.15) is 5.56 Å². The van der Waals surface area contributed by atoms with Crippen LogP contribution in [0.5, 0.6) is 5.75 Å². The number of aliphatic hydroxyl groups excluding tert-OH is 3. The van der Waals surface area contributed by atoms with Crippen molar-refractivity contribution in [2.75, 3.05) is 17.6 Å². The molecule has 0 saturated carbocycles. The number of aliphatic hydroxyl groups is 3. The molecule has 36 heavy (non-hydrogen) atoms. The van der Waals surface area contributed by atoms with Crippen LogP contribution in [-0.2, 0) is 19.6 Å². The maximum absolute atomic E-state index is 12.9. The summed E-state index contributed by atoms with van der Waals surface area (Å²) in [6.45, 7) is 0.913. The second-order valence-corrected chi connectivity index (χ2v) is 9.97. The van der Waals surface area contributed by atoms with Crippen LogP contribution in [0.4, 0.5) is 18.9 Å². The molecule has 3 rings (SSSR count). The number of rotatable bonds is 7. The van der Waals surface area contributed by atoms with Crippen molar-refractivity contribution in [2.45, 2.75) is 43.7 Å². The van der Waals surface area contributed by atoms with Crippen LogP contribution >= 0.6 is 0 Å². The maximum Gasteiger partial charge on any atom is 0.471 e. The summed E-state index contributed by atoms with van der Waals surface area (Å²) in [5.41, 5.74) is 1.77. The SMILES string of the molecule is Cc1cccc(O[C@@H]2OC(CO)[C@H](O)[C@H](O)C2NC(=O)C(F)(F)F)c1-c1cccc(NS(C)(=O)=O)c1. The van der Waals surface area contributed by atoms with Crippen molar-refractivity contribution in [3.63, 3.8) is 0 Å². The highest BCUT2D eigenvalue weighted by Gasteiger charge is 2.49. The molecule has 1 aliphatic rings. The summed E-state index contributed by atoms with van der Waals surface area (Å²) in [4.78, 5) is 11.6. The fraction of sp³-hybridized carbons (Fsp3) is 0.409. The average Bonchev–Trinajstić information content (AvgIpc) is 2.77. The van der Waals surface area contributed by atoms with Gasteiger partial charge in [-0.2, -0.15) is 13.2 Å². The lowest BCUT2D eigenvalue weighted by molar-refractivity contribution is -0.247. The zero-order chi connectivity index (χ0) is 26.8. The van der Waals surface area contributed by atoms with Crippen LogP contribution in [0.2, 0.25) is 0 Å². The third-order valence-electron chi connectivity index (χ3n) is 5.37. The zero-order valence-electron chi connectivity index (χ0n) is 19.1. The number of halogens is 3. The van der Waals surface area contributed by atoms with Crippen molar-refractivity contribution >= 4 is 21.6 Å². The quantitative estimate of drug-likeness (QED) is 0.351. The molecule has 0 bridgehead atoms. The standard InChI is InChI=1S/C22H25F3N2O8S/c1-11-5-3-8-14(16(11)12-6-4-7-13(9-12)27-36(2,32)33)34-20-17(26-21(31)22(23,24)25)19(30)18(29)15(10-28)35-20/h3-9,15,17-20,27-30H,10H2,1-2H3,(H,26,31)/t15?,17?,18-,19+,20+/m0/s1. The molecule has 0 spiro atoms. The van der Waals surface area contributed by atoms with Crippen molar-refractivity contribution < 1.29 is 51.2 Å². The largest absolute Gasteiger partial charge is 0.471 e. The number of ether oxygens (including phenoxy) is 2. The second kappa shape index (κ2) is 10.6. The number of benzene rings is 2. The minimum Gasteiger partial charge on any atom is -0.462 e. The van der Waals surface area contributed by atoms with E-state index < -0.39 is 59.4 Å². The first-order valence-electron chi connectivity index (χ1n) is 10.6. The first-order valence-corrected chi connectivity index (χ1v) is 12.4. The number of carbonyl (C=O) groups excluding carboxylic acids is 1. The Kier molecular flexibility index (Phi) is 8.15. The zero-order valence-corrected chi connectivity index (χ0v) is 19.9. The predicted molar refractivity (Wildman–Crippen MR) is 121 cm³/mol. The third-order valence-corrected chi connectivity index (χ3v) is 5.97. The van der Waals surface area contributed by atoms with E-state index in [9.17, 15) is 41.7 Å². The van der Waals surface area contributed by atoms with Gasteiger partial charge in [-0.3, -0.25) is 9.52 Å². The minimum atomic E-state index is -5.29. The molecule has 5 N–H and O–H groups in total. The Morgan fingerprint density at radius 2 is 1.81 bits per heavy atom. The van der Waals surface area contributed by atoms with E-state index in [4.69, 9.17) is 9.47 Å². The topological polar surface area (TPSA) is 154 Å². The normalized spacial score (nSPS) is 24.7. The van der Waals surface area contributed by atoms with E-state index in [2.05, 4.69) is 4.72 Å². The van der Waals surface area contributed by atoms with Gasteiger partial charge in [-0.1, -0.05) is 24.3 Å². The molecule has 1 aliphatic heterocycles. The monoisotopic (exact) mass is 534 g/mol. The van der Waals surface area contributed by atoms with Gasteiger partial charge in [-0.25, -0.2) is 8.42 Å². The number of alkyl halides is 3. The van der Waals surface area contributed by atoms with Gasteiger partial charge < -0.3 is 30.1 Å². The smallest absolute Gasteiger partial charge is 0.462 e. The molecule has 0 radical (unpaired) electrons.